The highest BCUT2D eigenvalue weighted by atomic mass is 35.5. The molecular weight excluding hydrogens is 914 g/mol. The van der Waals surface area contributed by atoms with Gasteiger partial charge in [-0.15, -0.1) is 5.10 Å². The first-order valence-electron chi connectivity index (χ1n) is 26.0. The molecule has 13 heteroatoms. The highest BCUT2D eigenvalue weighted by molar-refractivity contribution is 7.85. The van der Waals surface area contributed by atoms with Crippen LogP contribution in [0, 0.1) is 19.8 Å². The maximum atomic E-state index is 12.2. The van der Waals surface area contributed by atoms with E-state index in [0.29, 0.717) is 12.5 Å². The third kappa shape index (κ3) is 20.4. The van der Waals surface area contributed by atoms with Crippen LogP contribution in [-0.4, -0.2) is 112 Å². The lowest BCUT2D eigenvalue weighted by Crippen LogP contribution is -2.43. The minimum absolute atomic E-state index is 0.0752. The standard InChI is InChI=1S/C50H72ClN7OS.C4H10N2S.C2H6/c1-6-56(4)36-45-33-50(51)44(32-43(45)20-19-40-31-47(60(5)59)35-53-34-40)22-21-41-15-13-17-48(38(41)2)49-18-14-16-42(39(49)3)23-24-46-37-58(55-54-46)28-12-10-8-7-9-11-27-57-29-25-52-26-30-57;1-2-6-3-4(5)7;1-2/h13-18,32-33,35,37,40,47,52H,6-12,19-31,34,36H2,1-5H3;2,4,6-7H,1,3,5H2;1-2H3. The van der Waals surface area contributed by atoms with Gasteiger partial charge in [-0.2, -0.15) is 12.6 Å². The van der Waals surface area contributed by atoms with Crippen LogP contribution >= 0.6 is 24.2 Å². The summed E-state index contributed by atoms with van der Waals surface area (Å²) in [5.74, 6) is 0.459. The number of aryl methyl sites for hydroxylation is 6. The number of hydrogen-bond acceptors (Lipinski definition) is 10. The molecule has 0 saturated carbocycles. The molecule has 4 unspecified atom stereocenters. The van der Waals surface area contributed by atoms with Gasteiger partial charge in [-0.1, -0.05) is 112 Å². The lowest BCUT2D eigenvalue weighted by molar-refractivity contribution is 0.236. The number of aliphatic imine (C=N–C) groups is 1. The minimum Gasteiger partial charge on any atom is -0.389 e. The van der Waals surface area contributed by atoms with Gasteiger partial charge in [0.1, 0.15) is 0 Å². The molecule has 382 valence electrons. The van der Waals surface area contributed by atoms with Crippen molar-refractivity contribution < 1.29 is 4.21 Å². The van der Waals surface area contributed by atoms with Crippen molar-refractivity contribution in [2.24, 2.45) is 16.6 Å². The molecule has 0 spiro atoms. The second kappa shape index (κ2) is 32.6. The smallest absolute Gasteiger partial charge is 0.0830 e. The summed E-state index contributed by atoms with van der Waals surface area (Å²) in [5, 5.41) is 16.1. The highest BCUT2D eigenvalue weighted by Crippen LogP contribution is 2.33. The van der Waals surface area contributed by atoms with Gasteiger partial charge in [0.05, 0.1) is 16.3 Å². The maximum Gasteiger partial charge on any atom is 0.0830 e. The van der Waals surface area contributed by atoms with E-state index in [9.17, 15) is 4.21 Å². The summed E-state index contributed by atoms with van der Waals surface area (Å²) in [6, 6.07) is 18.2. The molecule has 1 aromatic heterocycles. The van der Waals surface area contributed by atoms with Gasteiger partial charge in [-0.3, -0.25) is 13.9 Å². The number of nitrogens with zero attached hydrogens (tertiary/aromatic N) is 6. The minimum atomic E-state index is -0.872. The monoisotopic (exact) mass is 1000 g/mol. The van der Waals surface area contributed by atoms with E-state index in [1.165, 1.54) is 108 Å². The van der Waals surface area contributed by atoms with Crippen molar-refractivity contribution in [3.8, 4) is 11.1 Å². The van der Waals surface area contributed by atoms with Gasteiger partial charge in [0.2, 0.25) is 0 Å². The van der Waals surface area contributed by atoms with Crippen molar-refractivity contribution in [2.45, 2.75) is 142 Å². The van der Waals surface area contributed by atoms with Crippen LogP contribution in [0.25, 0.3) is 11.1 Å². The van der Waals surface area contributed by atoms with Crippen molar-refractivity contribution in [3.05, 3.63) is 117 Å². The van der Waals surface area contributed by atoms with Crippen LogP contribution < -0.4 is 16.4 Å². The summed E-state index contributed by atoms with van der Waals surface area (Å²) in [4.78, 5) is 9.53. The molecule has 0 bridgehead atoms. The third-order valence-corrected chi connectivity index (χ3v) is 15.4. The Bertz CT molecular complexity index is 2150. The average molecular weight is 1000 g/mol. The number of rotatable bonds is 26. The number of thiol groups is 1. The first-order chi connectivity index (χ1) is 33.4. The lowest BCUT2D eigenvalue weighted by atomic mass is 9.88. The Labute approximate surface area is 431 Å². The van der Waals surface area contributed by atoms with Crippen molar-refractivity contribution in [3.63, 3.8) is 0 Å². The Morgan fingerprint density at radius 2 is 1.54 bits per heavy atom. The molecule has 0 amide bonds. The van der Waals surface area contributed by atoms with E-state index in [-0.39, 0.29) is 10.6 Å². The van der Waals surface area contributed by atoms with Crippen molar-refractivity contribution in [2.75, 3.05) is 65.7 Å². The number of benzene rings is 3. The van der Waals surface area contributed by atoms with Crippen molar-refractivity contribution in [1.29, 1.82) is 0 Å². The number of piperazine rings is 1. The normalized spacial score (nSPS) is 16.9. The Balaban J connectivity index is 0.00000106. The Morgan fingerprint density at radius 3 is 2.14 bits per heavy atom. The number of unbranched alkanes of at least 4 members (excludes halogenated alkanes) is 5. The van der Waals surface area contributed by atoms with E-state index in [2.05, 4.69) is 137 Å². The largest absolute Gasteiger partial charge is 0.389 e. The Kier molecular flexibility index (Phi) is 27.5. The average Bonchev–Trinajstić information content (AvgIpc) is 3.82. The predicted molar refractivity (Wildman–Crippen MR) is 301 cm³/mol. The van der Waals surface area contributed by atoms with Crippen LogP contribution in [0.4, 0.5) is 0 Å². The quantitative estimate of drug-likeness (QED) is 0.0279. The maximum absolute atomic E-state index is 12.2. The summed E-state index contributed by atoms with van der Waals surface area (Å²) in [5.41, 5.74) is 18.3. The fraction of sp³-hybridized carbons (Fsp3) is 0.589. The summed E-state index contributed by atoms with van der Waals surface area (Å²) in [7, 11) is 1.30. The molecule has 4 atom stereocenters. The van der Waals surface area contributed by atoms with E-state index < -0.39 is 10.8 Å². The first-order valence-corrected chi connectivity index (χ1v) is 28.5. The van der Waals surface area contributed by atoms with E-state index >= 15 is 0 Å². The number of nitrogens with one attached hydrogen (secondary N) is 2. The Morgan fingerprint density at radius 1 is 0.913 bits per heavy atom. The third-order valence-electron chi connectivity index (χ3n) is 13.7. The molecule has 2 aliphatic rings. The molecule has 1 fully saturated rings. The molecule has 4 N–H and O–H groups in total. The lowest BCUT2D eigenvalue weighted by Gasteiger charge is -2.27. The molecule has 2 aliphatic heterocycles. The van der Waals surface area contributed by atoms with Crippen LogP contribution in [0.15, 0.2) is 72.5 Å². The molecule has 3 heterocycles. The fourth-order valence-corrected chi connectivity index (χ4v) is 10.5. The van der Waals surface area contributed by atoms with Gasteiger partial charge in [0.25, 0.3) is 0 Å². The van der Waals surface area contributed by atoms with Crippen LogP contribution in [0.5, 0.6) is 0 Å². The molecule has 10 nitrogen and oxygen atoms in total. The zero-order chi connectivity index (χ0) is 50.0. The molecular formula is C56H88ClN9OS2. The van der Waals surface area contributed by atoms with Gasteiger partial charge in [0.15, 0.2) is 0 Å². The number of halogens is 1. The van der Waals surface area contributed by atoms with E-state index in [1.807, 2.05) is 24.7 Å². The van der Waals surface area contributed by atoms with Gasteiger partial charge < -0.3 is 26.2 Å². The molecule has 4 aromatic rings. The van der Waals surface area contributed by atoms with E-state index in [4.69, 9.17) is 17.3 Å². The molecule has 3 aromatic carbocycles. The first kappa shape index (κ1) is 58.2. The van der Waals surface area contributed by atoms with Gasteiger partial charge in [-0.25, -0.2) is 0 Å². The Hall–Kier alpha value is -3.36. The molecule has 1 saturated heterocycles. The number of aromatic nitrogens is 3. The van der Waals surface area contributed by atoms with E-state index in [1.54, 1.807) is 12.5 Å². The molecule has 0 aliphatic carbocycles. The zero-order valence-electron chi connectivity index (χ0n) is 43.5. The van der Waals surface area contributed by atoms with Gasteiger partial charge in [-0.05, 0) is 160 Å². The van der Waals surface area contributed by atoms with Crippen LogP contribution in [0.3, 0.4) is 0 Å². The molecule has 6 rings (SSSR count). The van der Waals surface area contributed by atoms with Crippen molar-refractivity contribution in [1.82, 2.24) is 35.4 Å². The zero-order valence-corrected chi connectivity index (χ0v) is 45.9. The van der Waals surface area contributed by atoms with E-state index in [0.717, 1.165) is 94.9 Å². The van der Waals surface area contributed by atoms with Gasteiger partial charge >= 0.3 is 0 Å². The SMILES string of the molecule is C=CNCC(N)S.CC.CCN(C)Cc1cc(Cl)c(CCc2cccc(-c3cccc(CCc4cn(CCCCCCCCN5CCNCC5)nn4)c3C)c2C)cc1CCC1CN=CC(S(C)=O)C1. The number of hydrogen-bond donors (Lipinski definition) is 4. The topological polar surface area (TPSA) is 117 Å². The fourth-order valence-electron chi connectivity index (χ4n) is 9.31. The summed E-state index contributed by atoms with van der Waals surface area (Å²) in [6.45, 7) is 24.5. The second-order valence-electron chi connectivity index (χ2n) is 18.8. The van der Waals surface area contributed by atoms with Gasteiger partial charge in [0, 0.05) is 86.8 Å². The molecule has 69 heavy (non-hydrogen) atoms. The summed E-state index contributed by atoms with van der Waals surface area (Å²) < 4.78 is 14.3. The second-order valence-corrected chi connectivity index (χ2v) is 21.5. The number of nitrogens with two attached hydrogens (primary N) is 1. The van der Waals surface area contributed by atoms with Crippen LogP contribution in [-0.2, 0) is 56.0 Å². The predicted octanol–water partition coefficient (Wildman–Crippen LogP) is 10.2. The summed E-state index contributed by atoms with van der Waals surface area (Å²) >= 11 is 11.0. The molecule has 0 radical (unpaired) electrons. The van der Waals surface area contributed by atoms with Crippen molar-refractivity contribution >= 4 is 41.2 Å². The summed E-state index contributed by atoms with van der Waals surface area (Å²) in [6.07, 6.45) is 21.9. The van der Waals surface area contributed by atoms with Crippen LogP contribution in [0.2, 0.25) is 5.02 Å². The highest BCUT2D eigenvalue weighted by Gasteiger charge is 2.22. The van der Waals surface area contributed by atoms with Crippen LogP contribution in [0.1, 0.15) is 117 Å².